The summed E-state index contributed by atoms with van der Waals surface area (Å²) in [7, 11) is -3.63. The van der Waals surface area contributed by atoms with E-state index in [1.54, 1.807) is 36.5 Å². The SMILES string of the molecule is O=C(O)c1nc2c(N3CCCS3(=O)=O)cc(N3CCOCC3)cn2c(=O)c1OCc1ccccc1. The fraction of sp³-hybridized carbons (Fsp3) is 0.348. The van der Waals surface area contributed by atoms with E-state index in [0.717, 1.165) is 5.56 Å². The quantitative estimate of drug-likeness (QED) is 0.533. The van der Waals surface area contributed by atoms with Crippen LogP contribution >= 0.6 is 0 Å². The van der Waals surface area contributed by atoms with E-state index < -0.39 is 33.0 Å². The second-order valence-electron chi connectivity index (χ2n) is 8.29. The fourth-order valence-corrected chi connectivity index (χ4v) is 5.84. The average molecular weight is 501 g/mol. The second kappa shape index (κ2) is 9.19. The van der Waals surface area contributed by atoms with Crippen LogP contribution in [0.15, 0.2) is 47.4 Å². The molecule has 35 heavy (non-hydrogen) atoms. The van der Waals surface area contributed by atoms with Crippen LogP contribution in [0, 0.1) is 0 Å². The normalized spacial score (nSPS) is 17.6. The van der Waals surface area contributed by atoms with Crippen LogP contribution in [0.2, 0.25) is 0 Å². The Balaban J connectivity index is 1.70. The minimum Gasteiger partial charge on any atom is -0.481 e. The zero-order valence-corrected chi connectivity index (χ0v) is 19.6. The van der Waals surface area contributed by atoms with E-state index in [4.69, 9.17) is 9.47 Å². The van der Waals surface area contributed by atoms with E-state index in [2.05, 4.69) is 4.98 Å². The third-order valence-corrected chi connectivity index (χ3v) is 7.88. The molecule has 0 radical (unpaired) electrons. The van der Waals surface area contributed by atoms with Crippen molar-refractivity contribution in [3.8, 4) is 5.75 Å². The van der Waals surface area contributed by atoms with Gasteiger partial charge < -0.3 is 19.5 Å². The topological polar surface area (TPSA) is 131 Å². The summed E-state index contributed by atoms with van der Waals surface area (Å²) in [4.78, 5) is 31.8. The molecule has 0 bridgehead atoms. The number of aromatic nitrogens is 2. The lowest BCUT2D eigenvalue weighted by Crippen LogP contribution is -2.37. The molecule has 2 aliphatic heterocycles. The highest BCUT2D eigenvalue weighted by Crippen LogP contribution is 2.32. The Kier molecular flexibility index (Phi) is 6.07. The molecule has 2 aliphatic rings. The lowest BCUT2D eigenvalue weighted by molar-refractivity contribution is 0.0684. The van der Waals surface area contributed by atoms with Crippen LogP contribution in [0.25, 0.3) is 5.65 Å². The molecule has 1 aromatic carbocycles. The number of carboxylic acid groups (broad SMARTS) is 1. The van der Waals surface area contributed by atoms with Gasteiger partial charge in [0.1, 0.15) is 6.61 Å². The third-order valence-electron chi connectivity index (χ3n) is 6.02. The minimum atomic E-state index is -3.63. The van der Waals surface area contributed by atoms with Crippen molar-refractivity contribution < 1.29 is 27.8 Å². The summed E-state index contributed by atoms with van der Waals surface area (Å²) < 4.78 is 39.0. The van der Waals surface area contributed by atoms with E-state index in [1.165, 1.54) is 8.71 Å². The number of fused-ring (bicyclic) bond motifs is 1. The van der Waals surface area contributed by atoms with Crippen molar-refractivity contribution in [3.63, 3.8) is 0 Å². The molecule has 2 aromatic heterocycles. The Morgan fingerprint density at radius 3 is 2.54 bits per heavy atom. The van der Waals surface area contributed by atoms with Crippen LogP contribution in [-0.4, -0.2) is 67.5 Å². The molecule has 0 aliphatic carbocycles. The largest absolute Gasteiger partial charge is 0.481 e. The number of hydrogen-bond donors (Lipinski definition) is 1. The van der Waals surface area contributed by atoms with E-state index in [-0.39, 0.29) is 30.2 Å². The van der Waals surface area contributed by atoms with Crippen molar-refractivity contribution >= 4 is 33.0 Å². The van der Waals surface area contributed by atoms with Gasteiger partial charge in [0.25, 0.3) is 0 Å². The first-order chi connectivity index (χ1) is 16.8. The summed E-state index contributed by atoms with van der Waals surface area (Å²) >= 11 is 0. The van der Waals surface area contributed by atoms with Crippen molar-refractivity contribution in [1.82, 2.24) is 9.38 Å². The zero-order chi connectivity index (χ0) is 24.6. The van der Waals surface area contributed by atoms with Crippen molar-refractivity contribution in [2.24, 2.45) is 0 Å². The van der Waals surface area contributed by atoms with E-state index >= 15 is 0 Å². The summed E-state index contributed by atoms with van der Waals surface area (Å²) in [6.07, 6.45) is 1.97. The number of ether oxygens (including phenoxy) is 2. The van der Waals surface area contributed by atoms with Crippen LogP contribution in [0.1, 0.15) is 22.5 Å². The molecule has 3 aromatic rings. The predicted molar refractivity (Wildman–Crippen MR) is 128 cm³/mol. The fourth-order valence-electron chi connectivity index (χ4n) is 4.28. The van der Waals surface area contributed by atoms with Gasteiger partial charge in [0.2, 0.25) is 15.8 Å². The number of sulfonamides is 1. The van der Waals surface area contributed by atoms with Crippen LogP contribution in [0.5, 0.6) is 5.75 Å². The van der Waals surface area contributed by atoms with Crippen LogP contribution < -0.4 is 19.5 Å². The number of pyridine rings is 1. The highest BCUT2D eigenvalue weighted by atomic mass is 32.2. The summed E-state index contributed by atoms with van der Waals surface area (Å²) in [6, 6.07) is 10.7. The van der Waals surface area contributed by atoms with Gasteiger partial charge in [-0.15, -0.1) is 0 Å². The zero-order valence-electron chi connectivity index (χ0n) is 18.8. The highest BCUT2D eigenvalue weighted by Gasteiger charge is 2.32. The van der Waals surface area contributed by atoms with Gasteiger partial charge in [-0.3, -0.25) is 13.5 Å². The maximum Gasteiger partial charge on any atom is 0.358 e. The molecule has 2 saturated heterocycles. The van der Waals surface area contributed by atoms with Crippen molar-refractivity contribution in [2.75, 3.05) is 47.8 Å². The van der Waals surface area contributed by atoms with Gasteiger partial charge in [-0.25, -0.2) is 18.2 Å². The molecule has 2 fully saturated rings. The van der Waals surface area contributed by atoms with E-state index in [9.17, 15) is 23.1 Å². The average Bonchev–Trinajstić information content (AvgIpc) is 3.22. The van der Waals surface area contributed by atoms with Crippen LogP contribution in [0.3, 0.4) is 0 Å². The third kappa shape index (κ3) is 4.42. The van der Waals surface area contributed by atoms with Crippen LogP contribution in [0.4, 0.5) is 11.4 Å². The minimum absolute atomic E-state index is 0.0272. The van der Waals surface area contributed by atoms with Gasteiger partial charge >= 0.3 is 11.5 Å². The molecule has 1 N–H and O–H groups in total. The maximum absolute atomic E-state index is 13.6. The summed E-state index contributed by atoms with van der Waals surface area (Å²) in [5.41, 5.74) is 0.181. The Bertz CT molecular complexity index is 1430. The van der Waals surface area contributed by atoms with E-state index in [0.29, 0.717) is 38.4 Å². The first-order valence-electron chi connectivity index (χ1n) is 11.2. The molecule has 0 atom stereocenters. The number of morpholine rings is 1. The van der Waals surface area contributed by atoms with Crippen molar-refractivity contribution in [1.29, 1.82) is 0 Å². The van der Waals surface area contributed by atoms with Gasteiger partial charge in [0, 0.05) is 25.8 Å². The first kappa shape index (κ1) is 23.1. The summed E-state index contributed by atoms with van der Waals surface area (Å²) in [6.45, 7) is 2.29. The smallest absolute Gasteiger partial charge is 0.358 e. The standard InChI is InChI=1S/C23H24N4O7S/c28-22-20(34-15-16-5-2-1-3-6-16)19(23(29)30)24-21-18(27-7-4-12-35(27,31)32)13-17(14-26(21)22)25-8-10-33-11-9-25/h1-3,5-6,13-14H,4,7-12,15H2,(H,29,30). The molecule has 0 amide bonds. The lowest BCUT2D eigenvalue weighted by atomic mass is 10.2. The Hall–Kier alpha value is -3.64. The number of nitrogens with zero attached hydrogens (tertiary/aromatic N) is 4. The van der Waals surface area contributed by atoms with Crippen LogP contribution in [-0.2, 0) is 21.4 Å². The number of anilines is 2. The highest BCUT2D eigenvalue weighted by molar-refractivity contribution is 7.93. The predicted octanol–water partition coefficient (Wildman–Crippen LogP) is 1.35. The number of carboxylic acids is 1. The number of benzene rings is 1. The van der Waals surface area contributed by atoms with Crippen molar-refractivity contribution in [3.05, 3.63) is 64.2 Å². The van der Waals surface area contributed by atoms with Gasteiger partial charge in [-0.1, -0.05) is 30.3 Å². The van der Waals surface area contributed by atoms with E-state index in [1.807, 2.05) is 11.0 Å². The van der Waals surface area contributed by atoms with Gasteiger partial charge in [-0.2, -0.15) is 0 Å². The molecule has 12 heteroatoms. The lowest BCUT2D eigenvalue weighted by Gasteiger charge is -2.30. The maximum atomic E-state index is 13.6. The van der Waals surface area contributed by atoms with Gasteiger partial charge in [0.15, 0.2) is 11.3 Å². The number of carbonyl (C=O) groups is 1. The monoisotopic (exact) mass is 500 g/mol. The molecular formula is C23H24N4O7S. The number of hydrogen-bond acceptors (Lipinski definition) is 8. The second-order valence-corrected chi connectivity index (χ2v) is 10.3. The molecule has 4 heterocycles. The molecule has 184 valence electrons. The summed E-state index contributed by atoms with van der Waals surface area (Å²) in [5, 5.41) is 9.82. The Morgan fingerprint density at radius 1 is 1.14 bits per heavy atom. The molecule has 0 spiro atoms. The Morgan fingerprint density at radius 2 is 1.89 bits per heavy atom. The molecule has 0 unspecified atom stereocenters. The number of aromatic carboxylic acids is 1. The van der Waals surface area contributed by atoms with Crippen molar-refractivity contribution in [2.45, 2.75) is 13.0 Å². The van der Waals surface area contributed by atoms with Gasteiger partial charge in [0.05, 0.1) is 30.3 Å². The molecule has 0 saturated carbocycles. The molecule has 11 nitrogen and oxygen atoms in total. The molecular weight excluding hydrogens is 476 g/mol. The summed E-state index contributed by atoms with van der Waals surface area (Å²) in [5.74, 6) is -1.89. The van der Waals surface area contributed by atoms with Gasteiger partial charge in [-0.05, 0) is 18.1 Å². The first-order valence-corrected chi connectivity index (χ1v) is 12.8. The number of rotatable bonds is 6. The Labute approximate surface area is 201 Å². The molecule has 5 rings (SSSR count).